The summed E-state index contributed by atoms with van der Waals surface area (Å²) in [5.41, 5.74) is 5.45. The van der Waals surface area contributed by atoms with Crippen LogP contribution in [0.3, 0.4) is 0 Å². The molecule has 1 saturated heterocycles. The molecule has 0 spiro atoms. The van der Waals surface area contributed by atoms with Crippen molar-refractivity contribution in [1.82, 2.24) is 10.2 Å². The smallest absolute Gasteiger partial charge is 0.258 e. The maximum absolute atomic E-state index is 13.3. The predicted octanol–water partition coefficient (Wildman–Crippen LogP) is 5.85. The standard InChI is InChI=1S/C29H26N4O2S/c1-19-13-20(2)15-24(14-19)33-18-23(17-26(33)34)28-31-32-29(36-28)30-27(35)25(22-11-7-4-8-12-22)16-21-9-5-3-6-10-21/h3-16,23H,17-18H2,1-2H3,(H,30,32,35)/b25-16+. The van der Waals surface area contributed by atoms with Crippen LogP contribution in [0.4, 0.5) is 10.8 Å². The predicted molar refractivity (Wildman–Crippen MR) is 145 cm³/mol. The van der Waals surface area contributed by atoms with Crippen LogP contribution >= 0.6 is 11.3 Å². The molecule has 1 aliphatic rings. The number of aromatic nitrogens is 2. The van der Waals surface area contributed by atoms with Gasteiger partial charge in [-0.3, -0.25) is 14.9 Å². The van der Waals surface area contributed by atoms with Gasteiger partial charge in [0.05, 0.1) is 0 Å². The minimum atomic E-state index is -0.257. The summed E-state index contributed by atoms with van der Waals surface area (Å²) in [6, 6.07) is 25.4. The van der Waals surface area contributed by atoms with Crippen molar-refractivity contribution in [1.29, 1.82) is 0 Å². The van der Waals surface area contributed by atoms with E-state index in [2.05, 4.69) is 21.6 Å². The van der Waals surface area contributed by atoms with E-state index in [0.29, 0.717) is 23.7 Å². The number of amides is 2. The molecule has 2 heterocycles. The van der Waals surface area contributed by atoms with Gasteiger partial charge in [0.1, 0.15) is 5.01 Å². The van der Waals surface area contributed by atoms with Gasteiger partial charge < -0.3 is 4.90 Å². The number of aryl methyl sites for hydroxylation is 2. The Hall–Kier alpha value is -4.10. The van der Waals surface area contributed by atoms with Crippen LogP contribution in [0.15, 0.2) is 78.9 Å². The van der Waals surface area contributed by atoms with E-state index in [1.54, 1.807) is 0 Å². The fraction of sp³-hybridized carbons (Fsp3) is 0.172. The Kier molecular flexibility index (Phi) is 6.73. The largest absolute Gasteiger partial charge is 0.312 e. The molecular formula is C29H26N4O2S. The molecule has 6 nitrogen and oxygen atoms in total. The molecule has 1 atom stereocenters. The molecule has 0 bridgehead atoms. The molecule has 0 saturated carbocycles. The monoisotopic (exact) mass is 494 g/mol. The van der Waals surface area contributed by atoms with Crippen molar-refractivity contribution >= 4 is 45.6 Å². The molecule has 2 amide bonds. The first kappa shape index (κ1) is 23.6. The molecule has 7 heteroatoms. The van der Waals surface area contributed by atoms with Crippen LogP contribution in [0, 0.1) is 13.8 Å². The molecule has 1 unspecified atom stereocenters. The van der Waals surface area contributed by atoms with Gasteiger partial charge >= 0.3 is 0 Å². The van der Waals surface area contributed by atoms with Crippen molar-refractivity contribution in [2.45, 2.75) is 26.2 Å². The lowest BCUT2D eigenvalue weighted by Crippen LogP contribution is -2.24. The molecule has 1 aromatic heterocycles. The molecule has 4 aromatic rings. The second kappa shape index (κ2) is 10.3. The van der Waals surface area contributed by atoms with Crippen molar-refractivity contribution in [3.63, 3.8) is 0 Å². The number of hydrogen-bond donors (Lipinski definition) is 1. The molecular weight excluding hydrogens is 468 g/mol. The van der Waals surface area contributed by atoms with Crippen molar-refractivity contribution in [2.24, 2.45) is 0 Å². The second-order valence-electron chi connectivity index (χ2n) is 8.99. The summed E-state index contributed by atoms with van der Waals surface area (Å²) >= 11 is 1.32. The van der Waals surface area contributed by atoms with Gasteiger partial charge in [-0.15, -0.1) is 10.2 Å². The lowest BCUT2D eigenvalue weighted by atomic mass is 10.0. The van der Waals surface area contributed by atoms with E-state index in [-0.39, 0.29) is 17.7 Å². The SMILES string of the molecule is Cc1cc(C)cc(N2CC(c3nnc(NC(=O)/C(=C/c4ccccc4)c4ccccc4)s3)CC2=O)c1. The van der Waals surface area contributed by atoms with Crippen LogP contribution in [0.5, 0.6) is 0 Å². The average Bonchev–Trinajstić information content (AvgIpc) is 3.49. The zero-order chi connectivity index (χ0) is 25.1. The zero-order valence-electron chi connectivity index (χ0n) is 20.1. The number of rotatable bonds is 6. The fourth-order valence-electron chi connectivity index (χ4n) is 4.46. The highest BCUT2D eigenvalue weighted by atomic mass is 32.1. The number of carbonyl (C=O) groups is 2. The average molecular weight is 495 g/mol. The Morgan fingerprint density at radius 1 is 0.972 bits per heavy atom. The van der Waals surface area contributed by atoms with E-state index in [1.807, 2.05) is 97.6 Å². The Morgan fingerprint density at radius 2 is 1.64 bits per heavy atom. The Labute approximate surface area is 214 Å². The first-order chi connectivity index (χ1) is 17.5. The minimum absolute atomic E-state index is 0.0603. The molecule has 36 heavy (non-hydrogen) atoms. The second-order valence-corrected chi connectivity index (χ2v) is 9.99. The third-order valence-electron chi connectivity index (χ3n) is 6.09. The Balaban J connectivity index is 1.34. The number of carbonyl (C=O) groups excluding carboxylic acids is 2. The molecule has 0 aliphatic carbocycles. The van der Waals surface area contributed by atoms with Gasteiger partial charge in [0.2, 0.25) is 11.0 Å². The zero-order valence-corrected chi connectivity index (χ0v) is 21.0. The van der Waals surface area contributed by atoms with Gasteiger partial charge in [0, 0.05) is 30.1 Å². The summed E-state index contributed by atoms with van der Waals surface area (Å²) in [6.07, 6.45) is 2.24. The number of benzene rings is 3. The summed E-state index contributed by atoms with van der Waals surface area (Å²) in [5.74, 6) is -0.245. The highest BCUT2D eigenvalue weighted by molar-refractivity contribution is 7.15. The highest BCUT2D eigenvalue weighted by Gasteiger charge is 2.34. The molecule has 5 rings (SSSR count). The van der Waals surface area contributed by atoms with Gasteiger partial charge in [0.15, 0.2) is 0 Å². The Morgan fingerprint density at radius 3 is 2.33 bits per heavy atom. The third-order valence-corrected chi connectivity index (χ3v) is 7.09. The van der Waals surface area contributed by atoms with Crippen LogP contribution in [-0.2, 0) is 9.59 Å². The molecule has 1 aliphatic heterocycles. The molecule has 1 N–H and O–H groups in total. The van der Waals surface area contributed by atoms with E-state index in [9.17, 15) is 9.59 Å². The minimum Gasteiger partial charge on any atom is -0.312 e. The van der Waals surface area contributed by atoms with E-state index in [0.717, 1.165) is 32.9 Å². The third kappa shape index (κ3) is 5.26. The number of nitrogens with one attached hydrogen (secondary N) is 1. The first-order valence-corrected chi connectivity index (χ1v) is 12.6. The van der Waals surface area contributed by atoms with Gasteiger partial charge in [-0.05, 0) is 54.3 Å². The van der Waals surface area contributed by atoms with Crippen LogP contribution in [0.2, 0.25) is 0 Å². The summed E-state index contributed by atoms with van der Waals surface area (Å²) in [5, 5.41) is 12.6. The molecule has 1 fully saturated rings. The van der Waals surface area contributed by atoms with Crippen LogP contribution in [0.25, 0.3) is 11.6 Å². The summed E-state index contributed by atoms with van der Waals surface area (Å²) in [4.78, 5) is 27.9. The van der Waals surface area contributed by atoms with Crippen molar-refractivity contribution in [2.75, 3.05) is 16.8 Å². The van der Waals surface area contributed by atoms with Gasteiger partial charge in [-0.2, -0.15) is 0 Å². The summed E-state index contributed by atoms with van der Waals surface area (Å²) in [6.45, 7) is 4.61. The highest BCUT2D eigenvalue weighted by Crippen LogP contribution is 2.35. The van der Waals surface area contributed by atoms with E-state index >= 15 is 0 Å². The molecule has 180 valence electrons. The Bertz CT molecular complexity index is 1410. The van der Waals surface area contributed by atoms with Gasteiger partial charge in [-0.1, -0.05) is 78.1 Å². The first-order valence-electron chi connectivity index (χ1n) is 11.8. The van der Waals surface area contributed by atoms with Crippen LogP contribution < -0.4 is 10.2 Å². The molecule has 0 radical (unpaired) electrons. The van der Waals surface area contributed by atoms with Crippen molar-refractivity contribution < 1.29 is 9.59 Å². The maximum atomic E-state index is 13.3. The fourth-order valence-corrected chi connectivity index (χ4v) is 5.29. The number of hydrogen-bond acceptors (Lipinski definition) is 5. The lowest BCUT2D eigenvalue weighted by molar-refractivity contribution is -0.117. The van der Waals surface area contributed by atoms with E-state index in [1.165, 1.54) is 11.3 Å². The van der Waals surface area contributed by atoms with Crippen LogP contribution in [-0.4, -0.2) is 28.6 Å². The number of anilines is 2. The quantitative estimate of drug-likeness (QED) is 0.269. The van der Waals surface area contributed by atoms with E-state index < -0.39 is 0 Å². The number of nitrogens with zero attached hydrogens (tertiary/aromatic N) is 3. The maximum Gasteiger partial charge on any atom is 0.258 e. The van der Waals surface area contributed by atoms with Crippen LogP contribution in [0.1, 0.15) is 39.6 Å². The van der Waals surface area contributed by atoms with E-state index in [4.69, 9.17) is 0 Å². The lowest BCUT2D eigenvalue weighted by Gasteiger charge is -2.17. The summed E-state index contributed by atoms with van der Waals surface area (Å²) in [7, 11) is 0. The normalized spacial score (nSPS) is 15.8. The van der Waals surface area contributed by atoms with Crippen molar-refractivity contribution in [3.8, 4) is 0 Å². The van der Waals surface area contributed by atoms with Gasteiger partial charge in [0.25, 0.3) is 5.91 Å². The van der Waals surface area contributed by atoms with Gasteiger partial charge in [-0.25, -0.2) is 0 Å². The summed E-state index contributed by atoms with van der Waals surface area (Å²) < 4.78 is 0. The van der Waals surface area contributed by atoms with Crippen molar-refractivity contribution in [3.05, 3.63) is 106 Å². The molecule has 3 aromatic carbocycles. The topological polar surface area (TPSA) is 75.2 Å².